The summed E-state index contributed by atoms with van der Waals surface area (Å²) in [5.74, 6) is 0.677. The van der Waals surface area contributed by atoms with Gasteiger partial charge in [-0.1, -0.05) is 30.3 Å². The van der Waals surface area contributed by atoms with Crippen molar-refractivity contribution in [3.63, 3.8) is 0 Å². The van der Waals surface area contributed by atoms with Gasteiger partial charge in [-0.2, -0.15) is 0 Å². The summed E-state index contributed by atoms with van der Waals surface area (Å²) < 4.78 is 12.2. The zero-order valence-corrected chi connectivity index (χ0v) is 22.2. The standard InChI is InChI=1S/C26H21IN2O6S/c1-34-22-14-19(13-21(27)24(22)35-16-18-7-9-20(10-8-18)29(32)33)15-23-25(30)28(26(31)36-23)12-11-17-5-3-2-4-6-17/h2-10,13-15H,11-12,16H2,1H3/b23-15-. The van der Waals surface area contributed by atoms with Crippen molar-refractivity contribution in [1.82, 2.24) is 4.90 Å². The van der Waals surface area contributed by atoms with E-state index in [9.17, 15) is 19.7 Å². The summed E-state index contributed by atoms with van der Waals surface area (Å²) in [6.07, 6.45) is 2.27. The summed E-state index contributed by atoms with van der Waals surface area (Å²) in [6, 6.07) is 19.4. The van der Waals surface area contributed by atoms with Crippen LogP contribution < -0.4 is 9.47 Å². The number of nitrogens with zero attached hydrogens (tertiary/aromatic N) is 2. The van der Waals surface area contributed by atoms with E-state index in [1.165, 1.54) is 24.1 Å². The first-order valence-electron chi connectivity index (χ1n) is 10.9. The molecule has 0 radical (unpaired) electrons. The molecule has 184 valence electrons. The van der Waals surface area contributed by atoms with Crippen molar-refractivity contribution in [1.29, 1.82) is 0 Å². The molecule has 3 aromatic rings. The predicted octanol–water partition coefficient (Wildman–Crippen LogP) is 6.07. The van der Waals surface area contributed by atoms with Crippen molar-refractivity contribution in [2.24, 2.45) is 0 Å². The van der Waals surface area contributed by atoms with Crippen LogP contribution in [0.4, 0.5) is 10.5 Å². The van der Waals surface area contributed by atoms with E-state index in [1.807, 2.05) is 36.4 Å². The molecule has 1 aliphatic heterocycles. The normalized spacial score (nSPS) is 14.4. The first-order valence-corrected chi connectivity index (χ1v) is 12.8. The average Bonchev–Trinajstić information content (AvgIpc) is 3.14. The highest BCUT2D eigenvalue weighted by atomic mass is 127. The molecule has 0 spiro atoms. The highest BCUT2D eigenvalue weighted by Gasteiger charge is 2.34. The molecule has 0 aromatic heterocycles. The summed E-state index contributed by atoms with van der Waals surface area (Å²) in [6.45, 7) is 0.520. The number of nitro benzene ring substituents is 1. The third-order valence-electron chi connectivity index (χ3n) is 5.42. The van der Waals surface area contributed by atoms with Gasteiger partial charge in [0.1, 0.15) is 6.61 Å². The molecule has 8 nitrogen and oxygen atoms in total. The van der Waals surface area contributed by atoms with Crippen LogP contribution in [-0.4, -0.2) is 34.6 Å². The number of non-ortho nitro benzene ring substituents is 1. The molecule has 1 aliphatic rings. The number of ether oxygens (including phenoxy) is 2. The van der Waals surface area contributed by atoms with E-state index in [0.717, 1.165) is 26.5 Å². The Hall–Kier alpha value is -3.38. The number of thioether (sulfide) groups is 1. The fourth-order valence-electron chi connectivity index (χ4n) is 3.56. The number of imide groups is 1. The summed E-state index contributed by atoms with van der Waals surface area (Å²) in [4.78, 5) is 37.4. The second-order valence-corrected chi connectivity index (χ2v) is 9.97. The van der Waals surface area contributed by atoms with E-state index in [4.69, 9.17) is 9.47 Å². The van der Waals surface area contributed by atoms with Crippen LogP contribution in [0.1, 0.15) is 16.7 Å². The maximum absolute atomic E-state index is 12.9. The van der Waals surface area contributed by atoms with Gasteiger partial charge < -0.3 is 9.47 Å². The van der Waals surface area contributed by atoms with Gasteiger partial charge in [-0.15, -0.1) is 0 Å². The fourth-order valence-corrected chi connectivity index (χ4v) is 5.21. The first kappa shape index (κ1) is 25.7. The van der Waals surface area contributed by atoms with Crippen LogP contribution in [0.15, 0.2) is 71.6 Å². The molecule has 3 aromatic carbocycles. The van der Waals surface area contributed by atoms with Gasteiger partial charge in [-0.3, -0.25) is 24.6 Å². The van der Waals surface area contributed by atoms with Gasteiger partial charge in [0.25, 0.3) is 16.8 Å². The minimum atomic E-state index is -0.451. The lowest BCUT2D eigenvalue weighted by molar-refractivity contribution is -0.384. The van der Waals surface area contributed by atoms with E-state index in [1.54, 1.807) is 24.3 Å². The minimum Gasteiger partial charge on any atom is -0.493 e. The quantitative estimate of drug-likeness (QED) is 0.125. The van der Waals surface area contributed by atoms with Gasteiger partial charge in [-0.25, -0.2) is 0 Å². The molecule has 4 rings (SSSR count). The maximum atomic E-state index is 12.9. The molecule has 2 amide bonds. The molecular weight excluding hydrogens is 595 g/mol. The molecule has 0 atom stereocenters. The van der Waals surface area contributed by atoms with Crippen LogP contribution in [0.3, 0.4) is 0 Å². The molecule has 1 saturated heterocycles. The SMILES string of the molecule is COc1cc(/C=C2\SC(=O)N(CCc3ccccc3)C2=O)cc(I)c1OCc1ccc([N+](=O)[O-])cc1. The molecular formula is C26H21IN2O6S. The Kier molecular flexibility index (Phi) is 8.26. The molecule has 0 aliphatic carbocycles. The second-order valence-electron chi connectivity index (χ2n) is 7.82. The van der Waals surface area contributed by atoms with Crippen molar-refractivity contribution in [2.75, 3.05) is 13.7 Å². The lowest BCUT2D eigenvalue weighted by Gasteiger charge is -2.14. The zero-order valence-electron chi connectivity index (χ0n) is 19.2. The van der Waals surface area contributed by atoms with Gasteiger partial charge in [0.15, 0.2) is 11.5 Å². The van der Waals surface area contributed by atoms with Gasteiger partial charge in [0.2, 0.25) is 0 Å². The number of methoxy groups -OCH3 is 1. The summed E-state index contributed by atoms with van der Waals surface area (Å²) in [5, 5.41) is 10.5. The van der Waals surface area contributed by atoms with Crippen LogP contribution in [0.2, 0.25) is 0 Å². The van der Waals surface area contributed by atoms with E-state index in [2.05, 4.69) is 22.6 Å². The molecule has 1 fully saturated rings. The minimum absolute atomic E-state index is 0.0137. The molecule has 0 unspecified atom stereocenters. The topological polar surface area (TPSA) is 99.0 Å². The monoisotopic (exact) mass is 616 g/mol. The van der Waals surface area contributed by atoms with Crippen molar-refractivity contribution >= 4 is 57.3 Å². The number of rotatable bonds is 9. The Bertz CT molecular complexity index is 1330. The van der Waals surface area contributed by atoms with Crippen LogP contribution in [0, 0.1) is 13.7 Å². The lowest BCUT2D eigenvalue weighted by atomic mass is 10.1. The Morgan fingerprint density at radius 1 is 1.06 bits per heavy atom. The van der Waals surface area contributed by atoms with Crippen LogP contribution in [0.5, 0.6) is 11.5 Å². The van der Waals surface area contributed by atoms with Gasteiger partial charge in [0.05, 0.1) is 20.5 Å². The first-order chi connectivity index (χ1) is 17.4. The van der Waals surface area contributed by atoms with Gasteiger partial charge in [-0.05, 0) is 87.8 Å². The third-order valence-corrected chi connectivity index (χ3v) is 7.13. The smallest absolute Gasteiger partial charge is 0.293 e. The molecule has 36 heavy (non-hydrogen) atoms. The molecule has 0 bridgehead atoms. The van der Waals surface area contributed by atoms with E-state index in [-0.39, 0.29) is 23.4 Å². The predicted molar refractivity (Wildman–Crippen MR) is 146 cm³/mol. The maximum Gasteiger partial charge on any atom is 0.293 e. The van der Waals surface area contributed by atoms with E-state index < -0.39 is 4.92 Å². The number of hydrogen-bond donors (Lipinski definition) is 0. The summed E-state index contributed by atoms with van der Waals surface area (Å²) >= 11 is 3.04. The Balaban J connectivity index is 1.47. The average molecular weight is 616 g/mol. The number of amides is 2. The van der Waals surface area contributed by atoms with Crippen molar-refractivity contribution in [3.05, 3.63) is 102 Å². The largest absolute Gasteiger partial charge is 0.493 e. The molecule has 0 saturated carbocycles. The lowest BCUT2D eigenvalue weighted by Crippen LogP contribution is -2.30. The summed E-state index contributed by atoms with van der Waals surface area (Å²) in [5.41, 5.74) is 2.54. The Labute approximate surface area is 225 Å². The van der Waals surface area contributed by atoms with Gasteiger partial charge in [0, 0.05) is 18.7 Å². The van der Waals surface area contributed by atoms with Crippen LogP contribution in [0.25, 0.3) is 6.08 Å². The highest BCUT2D eigenvalue weighted by Crippen LogP contribution is 2.37. The number of carbonyl (C=O) groups excluding carboxylic acids is 2. The summed E-state index contributed by atoms with van der Waals surface area (Å²) in [7, 11) is 1.52. The Morgan fingerprint density at radius 3 is 2.44 bits per heavy atom. The number of halogens is 1. The number of carbonyl (C=O) groups is 2. The number of nitro groups is 1. The van der Waals surface area contributed by atoms with Crippen molar-refractivity contribution in [3.8, 4) is 11.5 Å². The van der Waals surface area contributed by atoms with Crippen LogP contribution >= 0.6 is 34.4 Å². The third kappa shape index (κ3) is 6.05. The molecule has 0 N–H and O–H groups in total. The van der Waals surface area contributed by atoms with Gasteiger partial charge >= 0.3 is 0 Å². The van der Waals surface area contributed by atoms with Crippen molar-refractivity contribution in [2.45, 2.75) is 13.0 Å². The second kappa shape index (κ2) is 11.6. The number of benzene rings is 3. The molecule has 1 heterocycles. The number of hydrogen-bond acceptors (Lipinski definition) is 7. The van der Waals surface area contributed by atoms with Crippen molar-refractivity contribution < 1.29 is 24.0 Å². The fraction of sp³-hybridized carbons (Fsp3) is 0.154. The molecule has 10 heteroatoms. The van der Waals surface area contributed by atoms with E-state index >= 15 is 0 Å². The van der Waals surface area contributed by atoms with E-state index in [0.29, 0.717) is 34.9 Å². The van der Waals surface area contributed by atoms with Crippen LogP contribution in [-0.2, 0) is 17.8 Å². The highest BCUT2D eigenvalue weighted by molar-refractivity contribution is 14.1. The zero-order chi connectivity index (χ0) is 25.7. The Morgan fingerprint density at radius 2 is 1.78 bits per heavy atom.